The van der Waals surface area contributed by atoms with Crippen LogP contribution in [-0.4, -0.2) is 136 Å². The Kier molecular flexibility index (Phi) is 17.6. The molecule has 7 rings (SSSR count). The van der Waals surface area contributed by atoms with Gasteiger partial charge in [0.05, 0.1) is 0 Å². The van der Waals surface area contributed by atoms with Gasteiger partial charge in [-0.15, -0.1) is 0 Å². The minimum absolute atomic E-state index is 0.0467. The maximum Gasteiger partial charge on any atom is 0.246 e. The highest BCUT2D eigenvalue weighted by molar-refractivity contribution is 5.99. The Balaban J connectivity index is 1.28. The number of carbonyl (C=O) groups excluding carboxylic acids is 9. The molecule has 1 unspecified atom stereocenters. The summed E-state index contributed by atoms with van der Waals surface area (Å²) in [5.41, 5.74) is 7.74. The number of carbonyl (C=O) groups is 9. The quantitative estimate of drug-likeness (QED) is 0.163. The first-order valence-corrected chi connectivity index (χ1v) is 25.1. The van der Waals surface area contributed by atoms with Gasteiger partial charge in [0.25, 0.3) is 0 Å². The fourth-order valence-electron chi connectivity index (χ4n) is 10.2. The molecule has 4 heterocycles. The summed E-state index contributed by atoms with van der Waals surface area (Å²) in [7, 11) is 0. The van der Waals surface area contributed by atoms with Crippen LogP contribution in [0, 0.1) is 5.92 Å². The van der Waals surface area contributed by atoms with Crippen LogP contribution in [0.5, 0.6) is 0 Å². The van der Waals surface area contributed by atoms with E-state index in [2.05, 4.69) is 26.6 Å². The van der Waals surface area contributed by atoms with Crippen LogP contribution in [0.4, 0.5) is 0 Å². The molecule has 18 heteroatoms. The summed E-state index contributed by atoms with van der Waals surface area (Å²) < 4.78 is 0. The molecular formula is C53H67N9O9. The third-order valence-electron chi connectivity index (χ3n) is 14.3. The van der Waals surface area contributed by atoms with Crippen molar-refractivity contribution in [3.63, 3.8) is 0 Å². The molecule has 0 bridgehead atoms. The molecule has 4 fully saturated rings. The predicted octanol–water partition coefficient (Wildman–Crippen LogP) is 1.44. The number of primary amides is 1. The smallest absolute Gasteiger partial charge is 0.246 e. The van der Waals surface area contributed by atoms with Crippen LogP contribution < -0.4 is 32.3 Å². The van der Waals surface area contributed by atoms with E-state index in [1.165, 1.54) is 14.7 Å². The highest BCUT2D eigenvalue weighted by Crippen LogP contribution is 2.25. The molecule has 0 spiro atoms. The highest BCUT2D eigenvalue weighted by atomic mass is 16.2. The molecule has 0 radical (unpaired) electrons. The van der Waals surface area contributed by atoms with Gasteiger partial charge in [0.2, 0.25) is 53.2 Å². The fourth-order valence-corrected chi connectivity index (χ4v) is 10.2. The zero-order chi connectivity index (χ0) is 50.6. The summed E-state index contributed by atoms with van der Waals surface area (Å²) in [4.78, 5) is 133. The first-order valence-electron chi connectivity index (χ1n) is 25.1. The monoisotopic (exact) mass is 974 g/mol. The standard InChI is InChI=1S/C53H67N9O9/c1-3-33(2)45-50(68)58-40(32-36-20-11-6-12-21-36)53(71)61-28-14-22-41(61)47(65)55-37(25-26-44(54)63)51(69)60-27-13-24-43(60)49(67)57-39(31-35-18-9-5-10-19-35)52(70)62-29-15-23-42(62)48(66)56-38(46(64)59-45)30-34-16-7-4-8-17-34/h4-12,16-21,33,37-43,45H,3,13-15,22-32H2,1-2H3,(H2,54,63)(H,55,65)(H,56,66)(H,57,67)(H,58,68)(H,59,64)/t33?,37-,38-,39-,40-,41-,42-,43-,45-/m0/s1. The van der Waals surface area contributed by atoms with E-state index in [1.54, 1.807) is 19.1 Å². The first-order chi connectivity index (χ1) is 34.2. The van der Waals surface area contributed by atoms with Gasteiger partial charge >= 0.3 is 0 Å². The van der Waals surface area contributed by atoms with Crippen molar-refractivity contribution in [3.8, 4) is 0 Å². The van der Waals surface area contributed by atoms with E-state index in [9.17, 15) is 43.2 Å². The van der Waals surface area contributed by atoms with Gasteiger partial charge in [-0.3, -0.25) is 43.2 Å². The number of nitrogens with zero attached hydrogens (tertiary/aromatic N) is 3. The molecule has 9 atom stereocenters. The lowest BCUT2D eigenvalue weighted by Gasteiger charge is -2.34. The second-order valence-corrected chi connectivity index (χ2v) is 19.3. The first kappa shape index (κ1) is 51.7. The van der Waals surface area contributed by atoms with Gasteiger partial charge in [-0.1, -0.05) is 111 Å². The predicted molar refractivity (Wildman–Crippen MR) is 262 cm³/mol. The Morgan fingerprint density at radius 2 is 0.859 bits per heavy atom. The second kappa shape index (κ2) is 24.1. The van der Waals surface area contributed by atoms with Crippen LogP contribution >= 0.6 is 0 Å². The lowest BCUT2D eigenvalue weighted by Crippen LogP contribution is -2.62. The number of rotatable bonds is 11. The third kappa shape index (κ3) is 13.0. The number of hydrogen-bond donors (Lipinski definition) is 6. The normalized spacial score (nSPS) is 26.8. The summed E-state index contributed by atoms with van der Waals surface area (Å²) in [5, 5.41) is 14.5. The van der Waals surface area contributed by atoms with E-state index in [-0.39, 0.29) is 71.0 Å². The van der Waals surface area contributed by atoms with Gasteiger partial charge in [0, 0.05) is 45.3 Å². The summed E-state index contributed by atoms with van der Waals surface area (Å²) in [5.74, 6) is -5.97. The fraction of sp³-hybridized carbons (Fsp3) is 0.491. The summed E-state index contributed by atoms with van der Waals surface area (Å²) in [6.07, 6.45) is 2.26. The maximum atomic E-state index is 14.8. The number of nitrogens with one attached hydrogen (secondary N) is 5. The average Bonchev–Trinajstić information content (AvgIpc) is 4.19. The Hall–Kier alpha value is -7.11. The van der Waals surface area contributed by atoms with E-state index in [0.29, 0.717) is 25.7 Å². The molecule has 4 saturated heterocycles. The third-order valence-corrected chi connectivity index (χ3v) is 14.3. The molecule has 0 aromatic heterocycles. The zero-order valence-corrected chi connectivity index (χ0v) is 40.6. The molecule has 4 aliphatic heterocycles. The molecule has 3 aromatic rings. The van der Waals surface area contributed by atoms with Crippen LogP contribution in [0.3, 0.4) is 0 Å². The van der Waals surface area contributed by atoms with E-state index in [0.717, 1.165) is 16.7 Å². The van der Waals surface area contributed by atoms with Crippen molar-refractivity contribution < 1.29 is 43.2 Å². The van der Waals surface area contributed by atoms with Crippen molar-refractivity contribution in [2.75, 3.05) is 19.6 Å². The SMILES string of the molecule is CCC(C)[C@@H]1NC(=O)[C@H](Cc2ccccc2)NC(=O)[C@@H]2CCCN2C(=O)[C@H](Cc2ccccc2)NC(=O)[C@@H]2CCCN2C(=O)[C@H](CCC(N)=O)NC(=O)[C@@H]2CCCN2C(=O)[C@H](Cc2ccccc2)NC1=O. The lowest BCUT2D eigenvalue weighted by molar-refractivity contribution is -0.146. The summed E-state index contributed by atoms with van der Waals surface area (Å²) in [6.45, 7) is 4.17. The van der Waals surface area contributed by atoms with Crippen LogP contribution in [-0.2, 0) is 62.4 Å². The van der Waals surface area contributed by atoms with Gasteiger partial charge in [-0.2, -0.15) is 0 Å². The van der Waals surface area contributed by atoms with E-state index in [1.807, 2.05) is 85.8 Å². The second-order valence-electron chi connectivity index (χ2n) is 19.3. The summed E-state index contributed by atoms with van der Waals surface area (Å²) in [6, 6.07) is 18.1. The van der Waals surface area contributed by atoms with Gasteiger partial charge < -0.3 is 47.0 Å². The van der Waals surface area contributed by atoms with E-state index >= 15 is 0 Å². The Morgan fingerprint density at radius 1 is 0.507 bits per heavy atom. The Labute approximate surface area is 414 Å². The van der Waals surface area contributed by atoms with Crippen LogP contribution in [0.15, 0.2) is 91.0 Å². The number of fused-ring (bicyclic) bond motifs is 3. The van der Waals surface area contributed by atoms with E-state index in [4.69, 9.17) is 5.73 Å². The van der Waals surface area contributed by atoms with Gasteiger partial charge in [0.15, 0.2) is 0 Å². The summed E-state index contributed by atoms with van der Waals surface area (Å²) >= 11 is 0. The molecule has 0 aliphatic carbocycles. The molecule has 7 N–H and O–H groups in total. The van der Waals surface area contributed by atoms with Crippen molar-refractivity contribution in [2.45, 2.75) is 139 Å². The highest BCUT2D eigenvalue weighted by Gasteiger charge is 2.45. The Morgan fingerprint density at radius 3 is 1.25 bits per heavy atom. The van der Waals surface area contributed by atoms with Crippen molar-refractivity contribution in [1.29, 1.82) is 0 Å². The van der Waals surface area contributed by atoms with Crippen molar-refractivity contribution in [1.82, 2.24) is 41.3 Å². The van der Waals surface area contributed by atoms with Gasteiger partial charge in [0.1, 0.15) is 48.3 Å². The van der Waals surface area contributed by atoms with Crippen LogP contribution in [0.25, 0.3) is 0 Å². The van der Waals surface area contributed by atoms with Gasteiger partial charge in [-0.05, 0) is 67.6 Å². The van der Waals surface area contributed by atoms with Gasteiger partial charge in [-0.25, -0.2) is 0 Å². The Bertz CT molecular complexity index is 2410. The molecule has 9 amide bonds. The van der Waals surface area contributed by atoms with E-state index < -0.39 is 107 Å². The van der Waals surface area contributed by atoms with Crippen molar-refractivity contribution in [3.05, 3.63) is 108 Å². The molecule has 71 heavy (non-hydrogen) atoms. The number of nitrogens with two attached hydrogens (primary N) is 1. The molecule has 0 saturated carbocycles. The molecule has 4 aliphatic rings. The largest absolute Gasteiger partial charge is 0.370 e. The van der Waals surface area contributed by atoms with Crippen LogP contribution in [0.1, 0.15) is 88.3 Å². The van der Waals surface area contributed by atoms with Crippen molar-refractivity contribution >= 4 is 53.2 Å². The minimum atomic E-state index is -1.30. The number of amides is 9. The van der Waals surface area contributed by atoms with Crippen molar-refractivity contribution in [2.24, 2.45) is 11.7 Å². The topological polar surface area (TPSA) is 250 Å². The van der Waals surface area contributed by atoms with Crippen LogP contribution in [0.2, 0.25) is 0 Å². The molecular weight excluding hydrogens is 907 g/mol. The number of hydrogen-bond acceptors (Lipinski definition) is 9. The molecule has 378 valence electrons. The molecule has 3 aromatic carbocycles. The average molecular weight is 974 g/mol. The minimum Gasteiger partial charge on any atom is -0.370 e. The lowest BCUT2D eigenvalue weighted by atomic mass is 9.96. The maximum absolute atomic E-state index is 14.8. The molecule has 18 nitrogen and oxygen atoms in total. The zero-order valence-electron chi connectivity index (χ0n) is 40.6. The number of benzene rings is 3.